The van der Waals surface area contributed by atoms with E-state index in [1.807, 2.05) is 0 Å². The lowest BCUT2D eigenvalue weighted by Gasteiger charge is -2.40. The summed E-state index contributed by atoms with van der Waals surface area (Å²) in [5.74, 6) is 3.76. The van der Waals surface area contributed by atoms with Crippen molar-refractivity contribution in [1.29, 1.82) is 0 Å². The van der Waals surface area contributed by atoms with E-state index in [4.69, 9.17) is 0 Å². The van der Waals surface area contributed by atoms with E-state index in [0.29, 0.717) is 11.8 Å². The summed E-state index contributed by atoms with van der Waals surface area (Å²) >= 11 is 0. The van der Waals surface area contributed by atoms with Crippen molar-refractivity contribution < 1.29 is 5.11 Å². The van der Waals surface area contributed by atoms with E-state index in [9.17, 15) is 5.11 Å². The number of hydrogen-bond donors (Lipinski definition) is 1. The van der Waals surface area contributed by atoms with Crippen LogP contribution in [0, 0.1) is 29.6 Å². The second-order valence-corrected chi connectivity index (χ2v) is 7.53. The standard InChI is InChI=1S/C18H34O/c1-4-14-7-5-6-8-17(14)18(19)16-11-9-15(10-12-16)13(2)3/h13-19H,4-12H2,1-3H3. The van der Waals surface area contributed by atoms with Crippen LogP contribution < -0.4 is 0 Å². The Labute approximate surface area is 120 Å². The van der Waals surface area contributed by atoms with Gasteiger partial charge in [-0.3, -0.25) is 0 Å². The van der Waals surface area contributed by atoms with E-state index < -0.39 is 0 Å². The highest BCUT2D eigenvalue weighted by molar-refractivity contribution is 4.87. The Balaban J connectivity index is 1.87. The zero-order valence-electron chi connectivity index (χ0n) is 13.3. The molecule has 1 heteroatoms. The smallest absolute Gasteiger partial charge is 0.0599 e. The van der Waals surface area contributed by atoms with E-state index in [1.165, 1.54) is 57.8 Å². The molecule has 2 fully saturated rings. The quantitative estimate of drug-likeness (QED) is 0.757. The van der Waals surface area contributed by atoms with Crippen LogP contribution in [-0.2, 0) is 0 Å². The largest absolute Gasteiger partial charge is 0.393 e. The molecule has 19 heavy (non-hydrogen) atoms. The number of aliphatic hydroxyl groups is 1. The van der Waals surface area contributed by atoms with E-state index >= 15 is 0 Å². The zero-order chi connectivity index (χ0) is 13.8. The molecule has 0 aliphatic heterocycles. The van der Waals surface area contributed by atoms with Crippen LogP contribution in [0.4, 0.5) is 0 Å². The summed E-state index contributed by atoms with van der Waals surface area (Å²) in [6, 6.07) is 0. The highest BCUT2D eigenvalue weighted by Crippen LogP contribution is 2.42. The molecule has 0 bridgehead atoms. The molecule has 0 aromatic heterocycles. The van der Waals surface area contributed by atoms with Crippen LogP contribution in [0.15, 0.2) is 0 Å². The number of hydrogen-bond acceptors (Lipinski definition) is 1. The molecule has 2 aliphatic rings. The lowest BCUT2D eigenvalue weighted by molar-refractivity contribution is -0.0153. The van der Waals surface area contributed by atoms with E-state index in [-0.39, 0.29) is 6.10 Å². The van der Waals surface area contributed by atoms with Gasteiger partial charge < -0.3 is 5.11 Å². The predicted octanol–water partition coefficient (Wildman–Crippen LogP) is 5.03. The topological polar surface area (TPSA) is 20.2 Å². The molecule has 112 valence electrons. The minimum Gasteiger partial charge on any atom is -0.393 e. The third-order valence-electron chi connectivity index (χ3n) is 6.17. The molecule has 0 spiro atoms. The second kappa shape index (κ2) is 7.11. The fourth-order valence-electron chi connectivity index (χ4n) is 4.70. The summed E-state index contributed by atoms with van der Waals surface area (Å²) < 4.78 is 0. The maximum absolute atomic E-state index is 10.8. The summed E-state index contributed by atoms with van der Waals surface area (Å²) in [6.45, 7) is 7.02. The Hall–Kier alpha value is -0.0400. The molecule has 0 saturated heterocycles. The molecular formula is C18H34O. The Bertz CT molecular complexity index is 252. The van der Waals surface area contributed by atoms with Crippen molar-refractivity contribution in [3.05, 3.63) is 0 Å². The number of rotatable bonds is 4. The van der Waals surface area contributed by atoms with Crippen molar-refractivity contribution in [3.8, 4) is 0 Å². The van der Waals surface area contributed by atoms with Gasteiger partial charge in [0.05, 0.1) is 6.10 Å². The maximum Gasteiger partial charge on any atom is 0.0599 e. The summed E-state index contributed by atoms with van der Waals surface area (Å²) in [4.78, 5) is 0. The molecule has 3 atom stereocenters. The molecule has 1 N–H and O–H groups in total. The lowest BCUT2D eigenvalue weighted by Crippen LogP contribution is -2.38. The molecule has 0 heterocycles. The molecule has 0 amide bonds. The first-order chi connectivity index (χ1) is 9.13. The third-order valence-corrected chi connectivity index (χ3v) is 6.17. The fourth-order valence-corrected chi connectivity index (χ4v) is 4.70. The van der Waals surface area contributed by atoms with Gasteiger partial charge in [-0.2, -0.15) is 0 Å². The zero-order valence-corrected chi connectivity index (χ0v) is 13.3. The van der Waals surface area contributed by atoms with Crippen molar-refractivity contribution in [2.24, 2.45) is 29.6 Å². The molecule has 2 aliphatic carbocycles. The average Bonchev–Trinajstić information content (AvgIpc) is 2.46. The van der Waals surface area contributed by atoms with Gasteiger partial charge in [0.25, 0.3) is 0 Å². The van der Waals surface area contributed by atoms with Crippen LogP contribution in [0.25, 0.3) is 0 Å². The fraction of sp³-hybridized carbons (Fsp3) is 1.00. The summed E-state index contributed by atoms with van der Waals surface area (Å²) in [5, 5.41) is 10.8. The van der Waals surface area contributed by atoms with Crippen LogP contribution in [0.1, 0.15) is 78.6 Å². The Kier molecular flexibility index (Phi) is 5.74. The minimum atomic E-state index is -0.00152. The van der Waals surface area contributed by atoms with Gasteiger partial charge in [-0.25, -0.2) is 0 Å². The van der Waals surface area contributed by atoms with E-state index in [2.05, 4.69) is 20.8 Å². The van der Waals surface area contributed by atoms with E-state index in [0.717, 1.165) is 17.8 Å². The first-order valence-electron chi connectivity index (χ1n) is 8.81. The Morgan fingerprint density at radius 1 is 0.895 bits per heavy atom. The predicted molar refractivity (Wildman–Crippen MR) is 82.0 cm³/mol. The van der Waals surface area contributed by atoms with Gasteiger partial charge in [0.15, 0.2) is 0 Å². The van der Waals surface area contributed by atoms with Crippen molar-refractivity contribution in [2.75, 3.05) is 0 Å². The summed E-state index contributed by atoms with van der Waals surface area (Å²) in [5.41, 5.74) is 0. The van der Waals surface area contributed by atoms with Gasteiger partial charge in [-0.05, 0) is 61.7 Å². The van der Waals surface area contributed by atoms with Gasteiger partial charge in [0.2, 0.25) is 0 Å². The van der Waals surface area contributed by atoms with Crippen molar-refractivity contribution in [2.45, 2.75) is 84.7 Å². The minimum absolute atomic E-state index is 0.00152. The van der Waals surface area contributed by atoms with E-state index in [1.54, 1.807) is 0 Å². The molecular weight excluding hydrogens is 232 g/mol. The van der Waals surface area contributed by atoms with Crippen molar-refractivity contribution >= 4 is 0 Å². The lowest BCUT2D eigenvalue weighted by atomic mass is 9.67. The van der Waals surface area contributed by atoms with Gasteiger partial charge in [-0.15, -0.1) is 0 Å². The van der Waals surface area contributed by atoms with Gasteiger partial charge in [0.1, 0.15) is 0 Å². The van der Waals surface area contributed by atoms with Gasteiger partial charge in [-0.1, -0.05) is 46.5 Å². The molecule has 0 aromatic carbocycles. The normalized spacial score (nSPS) is 38.4. The van der Waals surface area contributed by atoms with Gasteiger partial charge >= 0.3 is 0 Å². The van der Waals surface area contributed by atoms with Crippen molar-refractivity contribution in [3.63, 3.8) is 0 Å². The van der Waals surface area contributed by atoms with Crippen molar-refractivity contribution in [1.82, 2.24) is 0 Å². The van der Waals surface area contributed by atoms with Crippen LogP contribution in [0.5, 0.6) is 0 Å². The number of aliphatic hydroxyl groups excluding tert-OH is 1. The molecule has 2 rings (SSSR count). The Morgan fingerprint density at radius 3 is 2.05 bits per heavy atom. The van der Waals surface area contributed by atoms with Crippen LogP contribution in [0.3, 0.4) is 0 Å². The first-order valence-corrected chi connectivity index (χ1v) is 8.81. The van der Waals surface area contributed by atoms with Gasteiger partial charge in [0, 0.05) is 0 Å². The molecule has 2 saturated carbocycles. The van der Waals surface area contributed by atoms with Crippen LogP contribution in [0.2, 0.25) is 0 Å². The SMILES string of the molecule is CCC1CCCCC1C(O)C1CCC(C(C)C)CC1. The molecule has 0 radical (unpaired) electrons. The summed E-state index contributed by atoms with van der Waals surface area (Å²) in [7, 11) is 0. The summed E-state index contributed by atoms with van der Waals surface area (Å²) in [6.07, 6.45) is 11.9. The maximum atomic E-state index is 10.8. The molecule has 3 unspecified atom stereocenters. The Morgan fingerprint density at radius 2 is 1.47 bits per heavy atom. The molecule has 1 nitrogen and oxygen atoms in total. The highest BCUT2D eigenvalue weighted by atomic mass is 16.3. The molecule has 0 aromatic rings. The monoisotopic (exact) mass is 266 g/mol. The van der Waals surface area contributed by atoms with Crippen LogP contribution >= 0.6 is 0 Å². The highest BCUT2D eigenvalue weighted by Gasteiger charge is 2.36. The third kappa shape index (κ3) is 3.74. The average molecular weight is 266 g/mol. The van der Waals surface area contributed by atoms with Crippen LogP contribution in [-0.4, -0.2) is 11.2 Å². The second-order valence-electron chi connectivity index (χ2n) is 7.53. The first kappa shape index (κ1) is 15.4.